The molecule has 0 aliphatic heterocycles. The van der Waals surface area contributed by atoms with Crippen molar-refractivity contribution in [3.8, 4) is 134 Å². The molecule has 0 amide bonds. The Hall–Kier alpha value is -11.2. The maximum absolute atomic E-state index is 5.07. The van der Waals surface area contributed by atoms with Crippen molar-refractivity contribution in [2.45, 2.75) is 34.1 Å². The Labute approximate surface area is 521 Å². The third-order valence-corrected chi connectivity index (χ3v) is 17.0. The van der Waals surface area contributed by atoms with Gasteiger partial charge < -0.3 is 0 Å². The highest BCUT2D eigenvalue weighted by molar-refractivity contribution is 6.17. The van der Waals surface area contributed by atoms with E-state index in [0.717, 1.165) is 57.0 Å². The van der Waals surface area contributed by atoms with E-state index >= 15 is 0 Å². The van der Waals surface area contributed by atoms with Crippen molar-refractivity contribution in [3.63, 3.8) is 0 Å². The number of hydrogen-bond acceptors (Lipinski definition) is 4. The predicted molar refractivity (Wildman–Crippen MR) is 376 cm³/mol. The van der Waals surface area contributed by atoms with Gasteiger partial charge in [-0.25, -0.2) is 9.97 Å². The molecule has 4 heteroatoms. The Morgan fingerprint density at radius 1 is 0.326 bits per heavy atom. The molecule has 0 atom stereocenters. The lowest BCUT2D eigenvalue weighted by molar-refractivity contribution is 1.18. The molecule has 14 aromatic rings. The lowest BCUT2D eigenvalue weighted by Crippen LogP contribution is -1.96. The first-order valence-corrected chi connectivity index (χ1v) is 30.9. The molecule has 0 fully saturated rings. The molecule has 0 spiro atoms. The molecular weight excluding hydrogens is 1080 g/mol. The molecule has 2 aliphatic carbocycles. The highest BCUT2D eigenvalue weighted by Gasteiger charge is 2.24. The molecule has 424 valence electrons. The second-order valence-electron chi connectivity index (χ2n) is 22.3. The van der Waals surface area contributed by atoms with Crippen molar-refractivity contribution in [2.24, 2.45) is 0 Å². The van der Waals surface area contributed by atoms with E-state index in [9.17, 15) is 0 Å². The summed E-state index contributed by atoms with van der Waals surface area (Å²) in [6.45, 7) is 8.23. The molecule has 0 unspecified atom stereocenters. The van der Waals surface area contributed by atoms with Crippen molar-refractivity contribution < 1.29 is 0 Å². The molecule has 2 aliphatic rings. The van der Waals surface area contributed by atoms with Gasteiger partial charge in [0, 0.05) is 34.6 Å². The van der Waals surface area contributed by atoms with Gasteiger partial charge in [-0.05, 0) is 178 Å². The largest absolute Gasteiger partial charge is 0.255 e. The average molecular weight is 1140 g/mol. The molecular formula is C85H64N4. The fraction of sp³-hybridized carbons (Fsp3) is 0.0588. The lowest BCUT2D eigenvalue weighted by Gasteiger charge is -2.11. The van der Waals surface area contributed by atoms with Crippen molar-refractivity contribution in [3.05, 3.63) is 309 Å². The van der Waals surface area contributed by atoms with Crippen LogP contribution in [0.5, 0.6) is 0 Å². The van der Waals surface area contributed by atoms with E-state index in [-0.39, 0.29) is 0 Å². The molecule has 3 heterocycles. The van der Waals surface area contributed by atoms with Crippen LogP contribution < -0.4 is 0 Å². The Morgan fingerprint density at radius 2 is 0.753 bits per heavy atom. The molecule has 89 heavy (non-hydrogen) atoms. The van der Waals surface area contributed by atoms with Gasteiger partial charge in [-0.15, -0.1) is 0 Å². The Balaban J connectivity index is 0.000000165. The molecule has 0 saturated heterocycles. The van der Waals surface area contributed by atoms with E-state index in [1.807, 2.05) is 62.5 Å². The van der Waals surface area contributed by atoms with Crippen molar-refractivity contribution in [2.75, 3.05) is 0 Å². The molecule has 0 bridgehead atoms. The Morgan fingerprint density at radius 3 is 1.22 bits per heavy atom. The summed E-state index contributed by atoms with van der Waals surface area (Å²) in [5.74, 6) is 0.717. The van der Waals surface area contributed by atoms with Crippen LogP contribution in [0.3, 0.4) is 0 Å². The summed E-state index contributed by atoms with van der Waals surface area (Å²) in [6, 6.07) is 97.6. The van der Waals surface area contributed by atoms with Crippen LogP contribution in [0.25, 0.3) is 161 Å². The number of fused-ring (bicyclic) bond motifs is 6. The number of allylic oxidation sites excluding steroid dienone is 4. The summed E-state index contributed by atoms with van der Waals surface area (Å²) in [6.07, 6.45) is 11.2. The van der Waals surface area contributed by atoms with Crippen LogP contribution in [0.1, 0.15) is 39.7 Å². The minimum atomic E-state index is 0.717. The van der Waals surface area contributed by atoms with E-state index in [1.54, 1.807) is 6.20 Å². The van der Waals surface area contributed by atoms with Gasteiger partial charge in [0.1, 0.15) is 0 Å². The SMILES string of the molecule is C/C=C\C(=C/CC)c1ccc(-c2cc(-c3ccc(-c4ccc(-c5cc6c7c(cccc7c5)-c5ccccc5-6)cc4)cc3)nc(-c3ccccc3)n2)cc1.CC.c1ccc(-c2ccc(-c3ccc(-c4cc5c6c(cccc6c4)-c4ccccc4-5)cc3)cn2)nc1. The number of aromatic nitrogens is 4. The van der Waals surface area contributed by atoms with Crippen molar-refractivity contribution in [1.29, 1.82) is 0 Å². The second-order valence-corrected chi connectivity index (χ2v) is 22.3. The van der Waals surface area contributed by atoms with E-state index in [1.165, 1.54) is 111 Å². The first-order valence-electron chi connectivity index (χ1n) is 30.9. The molecule has 0 radical (unpaired) electrons. The number of hydrogen-bond donors (Lipinski definition) is 0. The van der Waals surface area contributed by atoms with E-state index in [2.05, 4.69) is 273 Å². The molecule has 4 nitrogen and oxygen atoms in total. The van der Waals surface area contributed by atoms with Crippen LogP contribution >= 0.6 is 0 Å². The Bertz CT molecular complexity index is 4950. The van der Waals surface area contributed by atoms with Gasteiger partial charge in [-0.3, -0.25) is 9.97 Å². The van der Waals surface area contributed by atoms with Crippen molar-refractivity contribution >= 4 is 27.1 Å². The summed E-state index contributed by atoms with van der Waals surface area (Å²) >= 11 is 0. The molecule has 11 aromatic carbocycles. The highest BCUT2D eigenvalue weighted by atomic mass is 14.9. The summed E-state index contributed by atoms with van der Waals surface area (Å²) < 4.78 is 0. The normalized spacial score (nSPS) is 11.7. The lowest BCUT2D eigenvalue weighted by atomic mass is 9.94. The number of nitrogens with zero attached hydrogens (tertiary/aromatic N) is 4. The van der Waals surface area contributed by atoms with Crippen LogP contribution in [0.15, 0.2) is 304 Å². The zero-order chi connectivity index (χ0) is 60.2. The first-order chi connectivity index (χ1) is 44.0. The minimum Gasteiger partial charge on any atom is -0.255 e. The zero-order valence-electron chi connectivity index (χ0n) is 50.4. The maximum Gasteiger partial charge on any atom is 0.160 e. The molecule has 0 saturated carbocycles. The Kier molecular flexibility index (Phi) is 15.4. The monoisotopic (exact) mass is 1140 g/mol. The van der Waals surface area contributed by atoms with Gasteiger partial charge in [-0.2, -0.15) is 0 Å². The van der Waals surface area contributed by atoms with Crippen LogP contribution in [0.4, 0.5) is 0 Å². The van der Waals surface area contributed by atoms with Gasteiger partial charge in [0.15, 0.2) is 5.82 Å². The maximum atomic E-state index is 5.07. The fourth-order valence-electron chi connectivity index (χ4n) is 12.7. The van der Waals surface area contributed by atoms with E-state index < -0.39 is 0 Å². The number of pyridine rings is 2. The highest BCUT2D eigenvalue weighted by Crippen LogP contribution is 2.50. The average Bonchev–Trinajstić information content (AvgIpc) is 1.71. The van der Waals surface area contributed by atoms with E-state index in [4.69, 9.17) is 9.97 Å². The minimum absolute atomic E-state index is 0.717. The van der Waals surface area contributed by atoms with Gasteiger partial charge >= 0.3 is 0 Å². The van der Waals surface area contributed by atoms with Crippen molar-refractivity contribution in [1.82, 2.24) is 19.9 Å². The third kappa shape index (κ3) is 10.9. The van der Waals surface area contributed by atoms with Crippen LogP contribution in [-0.2, 0) is 0 Å². The molecule has 16 rings (SSSR count). The summed E-state index contributed by atoms with van der Waals surface area (Å²) in [5, 5.41) is 5.30. The third-order valence-electron chi connectivity index (χ3n) is 17.0. The van der Waals surface area contributed by atoms with Gasteiger partial charge in [-0.1, -0.05) is 263 Å². The summed E-state index contributed by atoms with van der Waals surface area (Å²) in [4.78, 5) is 19.1. The fourth-order valence-corrected chi connectivity index (χ4v) is 12.7. The van der Waals surface area contributed by atoms with E-state index in [0.29, 0.717) is 5.82 Å². The number of benzene rings is 11. The van der Waals surface area contributed by atoms with Gasteiger partial charge in [0.25, 0.3) is 0 Å². The standard InChI is InChI=1S/C51H38N2.C32H20N2.C2H6/c1-3-11-34(12-4-2)35-23-27-39(28-24-35)48-33-49(53-51(52-48)41-13-6-5-7-14-41)40-29-25-37(26-30-40)36-19-21-38(22-20-36)43-31-42-15-10-18-46-44-16-8-9-17-45(44)47(32-43)50(42)46;1-2-8-27-26(7-1)28-9-5-6-23-18-25(19-29(27)32(23)28)22-13-11-21(12-14-22)24-15-16-31(34-20-24)30-10-3-4-17-33-30;1-2/h3,5-33H,4H2,1-2H3;1-20H;1-2H3/b11-3-,34-12+;;. The zero-order valence-corrected chi connectivity index (χ0v) is 50.4. The van der Waals surface area contributed by atoms with Gasteiger partial charge in [0.05, 0.1) is 22.8 Å². The second kappa shape index (κ2) is 24.6. The van der Waals surface area contributed by atoms with Gasteiger partial charge in [0.2, 0.25) is 0 Å². The summed E-state index contributed by atoms with van der Waals surface area (Å²) in [5.41, 5.74) is 29.3. The predicted octanol–water partition coefficient (Wildman–Crippen LogP) is 23.3. The van der Waals surface area contributed by atoms with Crippen LogP contribution in [-0.4, -0.2) is 19.9 Å². The smallest absolute Gasteiger partial charge is 0.160 e. The topological polar surface area (TPSA) is 51.6 Å². The molecule has 3 aromatic heterocycles. The molecule has 0 N–H and O–H groups in total. The summed E-state index contributed by atoms with van der Waals surface area (Å²) in [7, 11) is 0. The van der Waals surface area contributed by atoms with Crippen LogP contribution in [0.2, 0.25) is 0 Å². The first kappa shape index (κ1) is 55.7. The quantitative estimate of drug-likeness (QED) is 0.121. The number of rotatable bonds is 11. The van der Waals surface area contributed by atoms with Crippen LogP contribution in [0, 0.1) is 0 Å².